The van der Waals surface area contributed by atoms with Gasteiger partial charge in [0.2, 0.25) is 0 Å². The van der Waals surface area contributed by atoms with Crippen LogP contribution in [-0.4, -0.2) is 12.7 Å². The number of alkyl halides is 2. The Labute approximate surface area is 209 Å². The van der Waals surface area contributed by atoms with Crippen molar-refractivity contribution in [2.45, 2.75) is 69.8 Å². The van der Waals surface area contributed by atoms with Crippen molar-refractivity contribution in [3.63, 3.8) is 0 Å². The Hall–Kier alpha value is -2.57. The molecule has 0 aliphatic heterocycles. The average Bonchev–Trinajstić information content (AvgIpc) is 2.88. The van der Waals surface area contributed by atoms with Crippen molar-refractivity contribution < 1.29 is 31.4 Å². The van der Waals surface area contributed by atoms with Crippen LogP contribution in [0.25, 0.3) is 0 Å². The van der Waals surface area contributed by atoms with Crippen LogP contribution in [0.5, 0.6) is 11.5 Å². The number of hydrogen-bond acceptors (Lipinski definition) is 2. The van der Waals surface area contributed by atoms with Gasteiger partial charge in [0.1, 0.15) is 11.5 Å². The maximum atomic E-state index is 14.7. The molecule has 7 heteroatoms. The van der Waals surface area contributed by atoms with Crippen molar-refractivity contribution in [3.05, 3.63) is 72.1 Å². The van der Waals surface area contributed by atoms with Gasteiger partial charge in [-0.15, -0.1) is 6.58 Å². The predicted octanol–water partition coefficient (Wildman–Crippen LogP) is 8.81. The van der Waals surface area contributed by atoms with Crippen LogP contribution in [0, 0.1) is 35.2 Å². The smallest absolute Gasteiger partial charge is 0.400 e. The fraction of sp³-hybridized carbons (Fsp3) is 0.517. The summed E-state index contributed by atoms with van der Waals surface area (Å²) in [7, 11) is 0. The first kappa shape index (κ1) is 26.5. The van der Waals surface area contributed by atoms with Crippen LogP contribution in [0.4, 0.5) is 22.0 Å². The summed E-state index contributed by atoms with van der Waals surface area (Å²) in [5.74, 6) is -4.23. The highest BCUT2D eigenvalue weighted by Crippen LogP contribution is 2.47. The summed E-state index contributed by atoms with van der Waals surface area (Å²) in [5.41, 5.74) is 1.32. The molecule has 2 fully saturated rings. The van der Waals surface area contributed by atoms with Gasteiger partial charge in [0, 0.05) is 12.1 Å². The Morgan fingerprint density at radius 1 is 0.806 bits per heavy atom. The second-order valence-electron chi connectivity index (χ2n) is 10.1. The molecule has 0 heterocycles. The highest BCUT2D eigenvalue weighted by molar-refractivity contribution is 5.30. The molecule has 0 unspecified atom stereocenters. The van der Waals surface area contributed by atoms with E-state index in [1.165, 1.54) is 5.56 Å². The van der Waals surface area contributed by atoms with Crippen LogP contribution in [-0.2, 0) is 0 Å². The lowest BCUT2D eigenvalue weighted by atomic mass is 9.68. The van der Waals surface area contributed by atoms with E-state index in [1.54, 1.807) is 0 Å². The number of halogens is 5. The van der Waals surface area contributed by atoms with E-state index < -0.39 is 35.2 Å². The third-order valence-electron chi connectivity index (χ3n) is 7.84. The minimum atomic E-state index is -3.57. The normalized spacial score (nSPS) is 24.8. The van der Waals surface area contributed by atoms with Crippen molar-refractivity contribution in [2.24, 2.45) is 17.8 Å². The molecule has 36 heavy (non-hydrogen) atoms. The molecule has 2 saturated carbocycles. The molecule has 196 valence electrons. The second-order valence-corrected chi connectivity index (χ2v) is 10.1. The molecule has 2 aliphatic carbocycles. The number of rotatable bonds is 9. The van der Waals surface area contributed by atoms with Crippen LogP contribution in [0.2, 0.25) is 0 Å². The molecule has 2 aliphatic rings. The lowest BCUT2D eigenvalue weighted by Crippen LogP contribution is -2.38. The van der Waals surface area contributed by atoms with E-state index >= 15 is 0 Å². The third-order valence-corrected chi connectivity index (χ3v) is 7.84. The van der Waals surface area contributed by atoms with Crippen molar-refractivity contribution in [1.82, 2.24) is 0 Å². The van der Waals surface area contributed by atoms with E-state index in [4.69, 9.17) is 4.74 Å². The van der Waals surface area contributed by atoms with Crippen LogP contribution < -0.4 is 9.47 Å². The summed E-state index contributed by atoms with van der Waals surface area (Å²) in [6.45, 7) is 4.31. The number of hydrogen-bond donors (Lipinski definition) is 0. The van der Waals surface area contributed by atoms with E-state index in [-0.39, 0.29) is 12.8 Å². The van der Waals surface area contributed by atoms with Gasteiger partial charge in [-0.3, -0.25) is 0 Å². The van der Waals surface area contributed by atoms with Crippen molar-refractivity contribution in [2.75, 3.05) is 6.61 Å². The maximum Gasteiger partial charge on any atom is 0.400 e. The van der Waals surface area contributed by atoms with Gasteiger partial charge in [0.15, 0.2) is 17.5 Å². The van der Waals surface area contributed by atoms with Crippen LogP contribution in [0.1, 0.15) is 69.3 Å². The van der Waals surface area contributed by atoms with E-state index in [0.29, 0.717) is 49.3 Å². The van der Waals surface area contributed by atoms with Crippen LogP contribution in [0.3, 0.4) is 0 Å². The Morgan fingerprint density at radius 2 is 1.36 bits per heavy atom. The molecule has 0 aromatic heterocycles. The van der Waals surface area contributed by atoms with Crippen molar-refractivity contribution in [1.29, 1.82) is 0 Å². The molecule has 0 bridgehead atoms. The SMILES string of the molecule is C=CCCOc1ccc(C2CCC(C3CCC(C(F)(F)Oc4cc(F)c(F)c(F)c4)CC3)CC2)cc1. The van der Waals surface area contributed by atoms with Crippen LogP contribution in [0.15, 0.2) is 49.1 Å². The second kappa shape index (κ2) is 11.7. The summed E-state index contributed by atoms with van der Waals surface area (Å²) in [4.78, 5) is 0. The maximum absolute atomic E-state index is 14.7. The van der Waals surface area contributed by atoms with Gasteiger partial charge in [-0.05, 0) is 93.2 Å². The van der Waals surface area contributed by atoms with E-state index in [0.717, 1.165) is 37.9 Å². The molecular formula is C29H33F5O2. The van der Waals surface area contributed by atoms with Gasteiger partial charge in [0.05, 0.1) is 12.5 Å². The molecule has 0 amide bonds. The van der Waals surface area contributed by atoms with Crippen molar-refractivity contribution >= 4 is 0 Å². The summed E-state index contributed by atoms with van der Waals surface area (Å²) in [6, 6.07) is 9.23. The average molecular weight is 509 g/mol. The first-order valence-corrected chi connectivity index (χ1v) is 12.8. The monoisotopic (exact) mass is 508 g/mol. The zero-order chi connectivity index (χ0) is 25.7. The van der Waals surface area contributed by atoms with Gasteiger partial charge in [-0.1, -0.05) is 18.2 Å². The molecule has 0 atom stereocenters. The summed E-state index contributed by atoms with van der Waals surface area (Å²) < 4.78 is 79.6. The first-order valence-electron chi connectivity index (χ1n) is 12.8. The fourth-order valence-corrected chi connectivity index (χ4v) is 5.78. The first-order chi connectivity index (χ1) is 17.3. The Morgan fingerprint density at radius 3 is 1.92 bits per heavy atom. The van der Waals surface area contributed by atoms with Gasteiger partial charge in [-0.2, -0.15) is 8.78 Å². The molecule has 0 spiro atoms. The summed E-state index contributed by atoms with van der Waals surface area (Å²) >= 11 is 0. The van der Waals surface area contributed by atoms with Crippen LogP contribution >= 0.6 is 0 Å². The lowest BCUT2D eigenvalue weighted by molar-refractivity contribution is -0.224. The van der Waals surface area contributed by atoms with Gasteiger partial charge < -0.3 is 9.47 Å². The Bertz CT molecular complexity index is 984. The zero-order valence-corrected chi connectivity index (χ0v) is 20.3. The molecule has 2 aromatic rings. The number of ether oxygens (including phenoxy) is 2. The molecular weight excluding hydrogens is 475 g/mol. The highest BCUT2D eigenvalue weighted by Gasteiger charge is 2.45. The Kier molecular flexibility index (Phi) is 8.58. The minimum Gasteiger partial charge on any atom is -0.493 e. The van der Waals surface area contributed by atoms with Crippen molar-refractivity contribution in [3.8, 4) is 11.5 Å². The highest BCUT2D eigenvalue weighted by atomic mass is 19.3. The molecule has 0 saturated heterocycles. The van der Waals surface area contributed by atoms with Gasteiger partial charge >= 0.3 is 6.11 Å². The zero-order valence-electron chi connectivity index (χ0n) is 20.3. The van der Waals surface area contributed by atoms with Gasteiger partial charge in [-0.25, -0.2) is 13.2 Å². The fourth-order valence-electron chi connectivity index (χ4n) is 5.78. The number of benzene rings is 2. The van der Waals surface area contributed by atoms with Gasteiger partial charge in [0.25, 0.3) is 0 Å². The largest absolute Gasteiger partial charge is 0.493 e. The standard InChI is InChI=1S/C29H33F5O2/c1-2-3-16-35-24-14-10-22(11-15-24)20-6-4-19(5-7-20)21-8-12-23(13-9-21)29(33,34)36-25-17-26(30)28(32)27(31)18-25/h2,10-11,14-15,17-21,23H,1,3-9,12-13,16H2. The molecule has 0 radical (unpaired) electrons. The van der Waals surface area contributed by atoms with E-state index in [1.807, 2.05) is 18.2 Å². The molecule has 2 nitrogen and oxygen atoms in total. The Balaban J connectivity index is 1.24. The van der Waals surface area contributed by atoms with E-state index in [9.17, 15) is 22.0 Å². The summed E-state index contributed by atoms with van der Waals surface area (Å²) in [5, 5.41) is 0. The third kappa shape index (κ3) is 6.40. The lowest BCUT2D eigenvalue weighted by Gasteiger charge is -2.39. The topological polar surface area (TPSA) is 18.5 Å². The minimum absolute atomic E-state index is 0.289. The predicted molar refractivity (Wildman–Crippen MR) is 129 cm³/mol. The molecule has 2 aromatic carbocycles. The molecule has 0 N–H and O–H groups in total. The quantitative estimate of drug-likeness (QED) is 0.146. The summed E-state index contributed by atoms with van der Waals surface area (Å²) in [6.07, 6.45) is 5.35. The molecule has 4 rings (SSSR count). The van der Waals surface area contributed by atoms with E-state index in [2.05, 4.69) is 23.4 Å².